The molecule has 13 heavy (non-hydrogen) atoms. The minimum Gasteiger partial charge on any atom is -0.225 e. The first-order valence-electron chi connectivity index (χ1n) is 3.64. The first kappa shape index (κ1) is 7.66. The van der Waals surface area contributed by atoms with Crippen LogP contribution in [0.5, 0.6) is 0 Å². The highest BCUT2D eigenvalue weighted by Crippen LogP contribution is 2.03. The van der Waals surface area contributed by atoms with Gasteiger partial charge in [0.05, 0.1) is 0 Å². The van der Waals surface area contributed by atoms with Gasteiger partial charge in [0.15, 0.2) is 0 Å². The maximum absolute atomic E-state index is 4.07. The number of hydrogen-bond acceptors (Lipinski definition) is 6. The topological polar surface area (TPSA) is 77.3 Å². The van der Waals surface area contributed by atoms with E-state index in [1.807, 2.05) is 0 Å². The van der Waals surface area contributed by atoms with Crippen molar-refractivity contribution >= 4 is 0 Å². The van der Waals surface area contributed by atoms with Crippen molar-refractivity contribution in [3.8, 4) is 11.6 Å². The molecule has 64 valence electrons. The van der Waals surface area contributed by atoms with Gasteiger partial charge in [0.25, 0.3) is 0 Å². The van der Waals surface area contributed by atoms with E-state index in [-0.39, 0.29) is 0 Å². The quantitative estimate of drug-likeness (QED) is 0.607. The van der Waals surface area contributed by atoms with E-state index in [2.05, 4.69) is 29.9 Å². The second-order valence-electron chi connectivity index (χ2n) is 2.32. The van der Waals surface area contributed by atoms with Gasteiger partial charge in [-0.3, -0.25) is 0 Å². The fraction of sp³-hybridized carbons (Fsp3) is 0.143. The highest BCUT2D eigenvalue weighted by atomic mass is 15.1. The van der Waals surface area contributed by atoms with E-state index < -0.39 is 0 Å². The molecule has 6 nitrogen and oxygen atoms in total. The van der Waals surface area contributed by atoms with Crippen LogP contribution in [0.4, 0.5) is 0 Å². The Morgan fingerprint density at radius 1 is 0.846 bits per heavy atom. The fourth-order valence-electron chi connectivity index (χ4n) is 0.841. The average Bonchev–Trinajstić information content (AvgIpc) is 2.19. The van der Waals surface area contributed by atoms with E-state index in [1.165, 1.54) is 19.0 Å². The van der Waals surface area contributed by atoms with E-state index in [1.54, 1.807) is 6.92 Å². The summed E-state index contributed by atoms with van der Waals surface area (Å²) in [5, 5.41) is 0. The number of aromatic nitrogens is 6. The van der Waals surface area contributed by atoms with Gasteiger partial charge < -0.3 is 0 Å². The third-order valence-corrected chi connectivity index (χ3v) is 1.39. The summed E-state index contributed by atoms with van der Waals surface area (Å²) in [7, 11) is 0. The summed E-state index contributed by atoms with van der Waals surface area (Å²) in [6.07, 6.45) is 4.24. The van der Waals surface area contributed by atoms with Gasteiger partial charge in [-0.1, -0.05) is 0 Å². The Kier molecular flexibility index (Phi) is 1.87. The Labute approximate surface area is 74.2 Å². The summed E-state index contributed by atoms with van der Waals surface area (Å²) in [5.41, 5.74) is 0. The lowest BCUT2D eigenvalue weighted by atomic mass is 10.5. The molecule has 2 heterocycles. The normalized spacial score (nSPS) is 9.92. The van der Waals surface area contributed by atoms with Crippen molar-refractivity contribution in [1.82, 2.24) is 29.9 Å². The number of rotatable bonds is 1. The van der Waals surface area contributed by atoms with Gasteiger partial charge in [-0.05, 0) is 6.92 Å². The molecule has 0 aliphatic carbocycles. The first-order chi connectivity index (χ1) is 6.36. The van der Waals surface area contributed by atoms with Crippen molar-refractivity contribution in [1.29, 1.82) is 0 Å². The number of nitrogens with zero attached hydrogens (tertiary/aromatic N) is 6. The van der Waals surface area contributed by atoms with Gasteiger partial charge in [-0.25, -0.2) is 29.9 Å². The number of aryl methyl sites for hydroxylation is 1. The lowest BCUT2D eigenvalue weighted by Gasteiger charge is -1.96. The summed E-state index contributed by atoms with van der Waals surface area (Å²) in [5.74, 6) is 1.57. The Hall–Kier alpha value is -1.98. The zero-order valence-corrected chi connectivity index (χ0v) is 6.92. The van der Waals surface area contributed by atoms with Crippen molar-refractivity contribution < 1.29 is 0 Å². The average molecular weight is 174 g/mol. The van der Waals surface area contributed by atoms with E-state index in [0.29, 0.717) is 17.5 Å². The van der Waals surface area contributed by atoms with Crippen molar-refractivity contribution in [2.24, 2.45) is 0 Å². The second-order valence-corrected chi connectivity index (χ2v) is 2.32. The fourth-order valence-corrected chi connectivity index (χ4v) is 0.841. The molecular weight excluding hydrogens is 168 g/mol. The molecule has 0 aliphatic heterocycles. The summed E-state index contributed by atoms with van der Waals surface area (Å²) in [4.78, 5) is 23.4. The van der Waals surface area contributed by atoms with Crippen LogP contribution in [0.15, 0.2) is 19.0 Å². The van der Waals surface area contributed by atoms with Crippen LogP contribution in [0.25, 0.3) is 11.6 Å². The lowest BCUT2D eigenvalue weighted by molar-refractivity contribution is 0.946. The molecule has 0 fully saturated rings. The smallest absolute Gasteiger partial charge is 0.201 e. The molecule has 0 amide bonds. The van der Waals surface area contributed by atoms with Crippen molar-refractivity contribution in [3.05, 3.63) is 24.8 Å². The van der Waals surface area contributed by atoms with Crippen LogP contribution in [0, 0.1) is 6.92 Å². The Balaban J connectivity index is 2.48. The maximum Gasteiger partial charge on any atom is 0.201 e. The highest BCUT2D eigenvalue weighted by Gasteiger charge is 2.02. The van der Waals surface area contributed by atoms with Crippen LogP contribution in [-0.4, -0.2) is 29.9 Å². The third-order valence-electron chi connectivity index (χ3n) is 1.39. The van der Waals surface area contributed by atoms with Gasteiger partial charge in [0.1, 0.15) is 24.8 Å². The van der Waals surface area contributed by atoms with E-state index >= 15 is 0 Å². The van der Waals surface area contributed by atoms with Crippen LogP contribution in [0.1, 0.15) is 5.82 Å². The molecule has 2 aromatic heterocycles. The van der Waals surface area contributed by atoms with Crippen molar-refractivity contribution in [2.75, 3.05) is 0 Å². The monoisotopic (exact) mass is 174 g/mol. The minimum atomic E-state index is 0.459. The van der Waals surface area contributed by atoms with Gasteiger partial charge >= 0.3 is 0 Å². The zero-order valence-electron chi connectivity index (χ0n) is 6.92. The largest absolute Gasteiger partial charge is 0.225 e. The van der Waals surface area contributed by atoms with Gasteiger partial charge in [-0.2, -0.15) is 0 Å². The molecular formula is C7H6N6. The molecule has 0 unspecified atom stereocenters. The van der Waals surface area contributed by atoms with Crippen LogP contribution in [0.3, 0.4) is 0 Å². The molecule has 2 aromatic rings. The summed E-state index contributed by atoms with van der Waals surface area (Å²) >= 11 is 0. The minimum absolute atomic E-state index is 0.459. The molecule has 2 rings (SSSR count). The third kappa shape index (κ3) is 1.61. The van der Waals surface area contributed by atoms with Crippen LogP contribution >= 0.6 is 0 Å². The predicted molar refractivity (Wildman–Crippen MR) is 43.4 cm³/mol. The van der Waals surface area contributed by atoms with Crippen LogP contribution < -0.4 is 0 Å². The first-order valence-corrected chi connectivity index (χ1v) is 3.64. The molecule has 0 saturated heterocycles. The van der Waals surface area contributed by atoms with Crippen LogP contribution in [0.2, 0.25) is 0 Å². The Bertz CT molecular complexity index is 401. The van der Waals surface area contributed by atoms with E-state index in [0.717, 1.165) is 0 Å². The van der Waals surface area contributed by atoms with E-state index in [4.69, 9.17) is 0 Å². The van der Waals surface area contributed by atoms with Gasteiger partial charge in [0, 0.05) is 0 Å². The highest BCUT2D eigenvalue weighted by molar-refractivity contribution is 5.40. The van der Waals surface area contributed by atoms with Gasteiger partial charge in [-0.15, -0.1) is 0 Å². The van der Waals surface area contributed by atoms with Crippen molar-refractivity contribution in [3.63, 3.8) is 0 Å². The second kappa shape index (κ2) is 3.18. The Morgan fingerprint density at radius 3 is 2.23 bits per heavy atom. The molecule has 0 saturated carbocycles. The number of hydrogen-bond donors (Lipinski definition) is 0. The molecule has 0 aliphatic rings. The molecule has 0 radical (unpaired) electrons. The summed E-state index contributed by atoms with van der Waals surface area (Å²) < 4.78 is 0. The SMILES string of the molecule is Cc1ncnc(-c2ncncn2)n1. The Morgan fingerprint density at radius 2 is 1.54 bits per heavy atom. The molecule has 0 bridgehead atoms. The zero-order chi connectivity index (χ0) is 9.10. The molecule has 0 N–H and O–H groups in total. The molecule has 0 atom stereocenters. The van der Waals surface area contributed by atoms with Crippen LogP contribution in [-0.2, 0) is 0 Å². The molecule has 0 aromatic carbocycles. The van der Waals surface area contributed by atoms with Gasteiger partial charge in [0.2, 0.25) is 11.6 Å². The maximum atomic E-state index is 4.07. The standard InChI is InChI=1S/C7H6N6/c1-5-9-4-12-7(13-5)6-10-2-8-3-11-6/h2-4H,1H3. The summed E-state index contributed by atoms with van der Waals surface area (Å²) in [6, 6.07) is 0. The predicted octanol–water partition coefficient (Wildman–Crippen LogP) is 0.0320. The van der Waals surface area contributed by atoms with E-state index in [9.17, 15) is 0 Å². The summed E-state index contributed by atoms with van der Waals surface area (Å²) in [6.45, 7) is 1.78. The lowest BCUT2D eigenvalue weighted by Crippen LogP contribution is -1.97. The molecule has 0 spiro atoms. The molecule has 6 heteroatoms. The van der Waals surface area contributed by atoms with Crippen molar-refractivity contribution in [2.45, 2.75) is 6.92 Å².